The van der Waals surface area contributed by atoms with Crippen LogP contribution in [0.15, 0.2) is 36.4 Å². The summed E-state index contributed by atoms with van der Waals surface area (Å²) >= 11 is 13.3. The summed E-state index contributed by atoms with van der Waals surface area (Å²) in [7, 11) is 0. The molecule has 1 atom stereocenters. The van der Waals surface area contributed by atoms with Crippen LogP contribution in [0.5, 0.6) is 0 Å². The lowest BCUT2D eigenvalue weighted by Crippen LogP contribution is -2.50. The van der Waals surface area contributed by atoms with Crippen LogP contribution in [-0.2, 0) is 6.54 Å². The molecule has 0 aliphatic carbocycles. The Labute approximate surface area is 174 Å². The van der Waals surface area contributed by atoms with Crippen molar-refractivity contribution >= 4 is 40.4 Å². The minimum atomic E-state index is 0.121. The van der Waals surface area contributed by atoms with Gasteiger partial charge in [0.05, 0.1) is 9.21 Å². The highest BCUT2D eigenvalue weighted by atomic mass is 35.5. The molecule has 2 saturated heterocycles. The smallest absolute Gasteiger partial charge is 0.264 e. The normalized spacial score (nSPS) is 21.7. The fourth-order valence-electron chi connectivity index (χ4n) is 3.94. The number of halogens is 2. The van der Waals surface area contributed by atoms with Crippen LogP contribution in [0.25, 0.3) is 0 Å². The van der Waals surface area contributed by atoms with Gasteiger partial charge in [0.15, 0.2) is 0 Å². The van der Waals surface area contributed by atoms with Crippen molar-refractivity contribution in [3.8, 4) is 0 Å². The minimum absolute atomic E-state index is 0.121. The van der Waals surface area contributed by atoms with E-state index in [4.69, 9.17) is 23.2 Å². The van der Waals surface area contributed by atoms with Crippen molar-refractivity contribution in [1.82, 2.24) is 14.7 Å². The number of hydrogen-bond donors (Lipinski definition) is 0. The first-order valence-electron chi connectivity index (χ1n) is 9.34. The molecular weight excluding hydrogens is 401 g/mol. The van der Waals surface area contributed by atoms with Crippen molar-refractivity contribution in [1.29, 1.82) is 0 Å². The fourth-order valence-corrected chi connectivity index (χ4v) is 5.08. The highest BCUT2D eigenvalue weighted by molar-refractivity contribution is 7.17. The first kappa shape index (κ1) is 19.2. The van der Waals surface area contributed by atoms with Crippen LogP contribution in [-0.4, -0.2) is 65.9 Å². The second kappa shape index (κ2) is 8.50. The fraction of sp³-hybridized carbons (Fsp3) is 0.450. The van der Waals surface area contributed by atoms with E-state index in [-0.39, 0.29) is 5.91 Å². The lowest BCUT2D eigenvalue weighted by atomic mass is 10.1. The van der Waals surface area contributed by atoms with Gasteiger partial charge in [-0.25, -0.2) is 0 Å². The molecule has 1 amide bonds. The van der Waals surface area contributed by atoms with Gasteiger partial charge >= 0.3 is 0 Å². The number of nitrogens with zero attached hydrogens (tertiary/aromatic N) is 3. The average molecular weight is 424 g/mol. The molecule has 0 radical (unpaired) electrons. The van der Waals surface area contributed by atoms with Gasteiger partial charge < -0.3 is 4.90 Å². The zero-order valence-corrected chi connectivity index (χ0v) is 17.4. The molecule has 0 bridgehead atoms. The van der Waals surface area contributed by atoms with Gasteiger partial charge in [0.25, 0.3) is 5.91 Å². The van der Waals surface area contributed by atoms with E-state index in [0.717, 1.165) is 62.1 Å². The summed E-state index contributed by atoms with van der Waals surface area (Å²) < 4.78 is 0.672. The first-order valence-corrected chi connectivity index (χ1v) is 10.9. The van der Waals surface area contributed by atoms with Gasteiger partial charge in [-0.1, -0.05) is 35.3 Å². The monoisotopic (exact) mass is 423 g/mol. The lowest BCUT2D eigenvalue weighted by molar-refractivity contribution is 0.0738. The number of carbonyl (C=O) groups is 1. The summed E-state index contributed by atoms with van der Waals surface area (Å²) in [5, 5.41) is 0.786. The highest BCUT2D eigenvalue weighted by Crippen LogP contribution is 2.25. The molecular formula is C20H23Cl2N3OS. The van der Waals surface area contributed by atoms with Crippen LogP contribution in [0.3, 0.4) is 0 Å². The Morgan fingerprint density at radius 2 is 1.74 bits per heavy atom. The predicted octanol–water partition coefficient (Wildman–Crippen LogP) is 4.09. The second-order valence-corrected chi connectivity index (χ2v) is 9.39. The van der Waals surface area contributed by atoms with Gasteiger partial charge in [-0.15, -0.1) is 11.3 Å². The summed E-state index contributed by atoms with van der Waals surface area (Å²) in [4.78, 5) is 20.4. The molecule has 144 valence electrons. The molecule has 0 saturated carbocycles. The van der Waals surface area contributed by atoms with E-state index in [1.54, 1.807) is 6.07 Å². The van der Waals surface area contributed by atoms with Crippen molar-refractivity contribution in [2.24, 2.45) is 0 Å². The first-order chi connectivity index (χ1) is 13.1. The Hall–Kier alpha value is -1.11. The number of likely N-dealkylation sites (tertiary alicyclic amines) is 1. The minimum Gasteiger partial charge on any atom is -0.336 e. The third-order valence-electron chi connectivity index (χ3n) is 5.48. The maximum atomic E-state index is 12.6. The van der Waals surface area contributed by atoms with Crippen LogP contribution in [0.4, 0.5) is 0 Å². The van der Waals surface area contributed by atoms with Gasteiger partial charge in [-0.3, -0.25) is 14.6 Å². The number of thiophene rings is 1. The molecule has 3 heterocycles. The SMILES string of the molecule is O=C(c1ccc(Cl)s1)N1CCC(N2CCN(Cc3ccc(Cl)cc3)CC2)C1. The van der Waals surface area contributed by atoms with Crippen molar-refractivity contribution in [3.63, 3.8) is 0 Å². The van der Waals surface area contributed by atoms with Gasteiger partial charge in [-0.2, -0.15) is 0 Å². The zero-order valence-electron chi connectivity index (χ0n) is 15.1. The van der Waals surface area contributed by atoms with E-state index < -0.39 is 0 Å². The van der Waals surface area contributed by atoms with Crippen LogP contribution in [0, 0.1) is 0 Å². The maximum Gasteiger partial charge on any atom is 0.264 e. The summed E-state index contributed by atoms with van der Waals surface area (Å²) in [6, 6.07) is 12.2. The number of benzene rings is 1. The molecule has 4 nitrogen and oxygen atoms in total. The molecule has 0 spiro atoms. The largest absolute Gasteiger partial charge is 0.336 e. The Morgan fingerprint density at radius 3 is 2.41 bits per heavy atom. The van der Waals surface area contributed by atoms with E-state index >= 15 is 0 Å². The number of carbonyl (C=O) groups excluding carboxylic acids is 1. The summed E-state index contributed by atoms with van der Waals surface area (Å²) in [6.07, 6.45) is 1.06. The van der Waals surface area contributed by atoms with Crippen LogP contribution >= 0.6 is 34.5 Å². The predicted molar refractivity (Wildman–Crippen MR) is 112 cm³/mol. The molecule has 2 aliphatic rings. The molecule has 2 fully saturated rings. The van der Waals surface area contributed by atoms with Crippen molar-refractivity contribution < 1.29 is 4.79 Å². The van der Waals surface area contributed by atoms with Gasteiger partial charge in [0, 0.05) is 56.9 Å². The molecule has 0 N–H and O–H groups in total. The molecule has 2 aromatic rings. The van der Waals surface area contributed by atoms with Crippen molar-refractivity contribution in [2.75, 3.05) is 39.3 Å². The standard InChI is InChI=1S/C20H23Cl2N3OS/c21-16-3-1-15(2-4-16)13-23-9-11-24(12-10-23)17-7-8-25(14-17)20(26)18-5-6-19(22)27-18/h1-6,17H,7-14H2. The Balaban J connectivity index is 1.26. The summed E-state index contributed by atoms with van der Waals surface area (Å²) in [5.41, 5.74) is 1.31. The third-order valence-corrected chi connectivity index (χ3v) is 6.95. The maximum absolute atomic E-state index is 12.6. The van der Waals surface area contributed by atoms with E-state index in [2.05, 4.69) is 21.9 Å². The van der Waals surface area contributed by atoms with Gasteiger partial charge in [0.1, 0.15) is 0 Å². The van der Waals surface area contributed by atoms with E-state index in [1.807, 2.05) is 23.1 Å². The third kappa shape index (κ3) is 4.66. The van der Waals surface area contributed by atoms with Crippen LogP contribution in [0.2, 0.25) is 9.36 Å². The van der Waals surface area contributed by atoms with Crippen LogP contribution < -0.4 is 0 Å². The lowest BCUT2D eigenvalue weighted by Gasteiger charge is -2.38. The number of amides is 1. The highest BCUT2D eigenvalue weighted by Gasteiger charge is 2.32. The molecule has 1 aromatic heterocycles. The zero-order chi connectivity index (χ0) is 18.8. The van der Waals surface area contributed by atoms with E-state index in [1.165, 1.54) is 16.9 Å². The molecule has 2 aliphatic heterocycles. The number of rotatable bonds is 4. The summed E-state index contributed by atoms with van der Waals surface area (Å²) in [5.74, 6) is 0.121. The molecule has 1 unspecified atom stereocenters. The van der Waals surface area contributed by atoms with Gasteiger partial charge in [-0.05, 0) is 36.2 Å². The average Bonchev–Trinajstić information content (AvgIpc) is 3.33. The number of piperazine rings is 1. The topological polar surface area (TPSA) is 26.8 Å². The molecule has 27 heavy (non-hydrogen) atoms. The quantitative estimate of drug-likeness (QED) is 0.740. The molecule has 4 rings (SSSR count). The Morgan fingerprint density at radius 1 is 1.00 bits per heavy atom. The molecule has 7 heteroatoms. The van der Waals surface area contributed by atoms with Crippen LogP contribution in [0.1, 0.15) is 21.7 Å². The van der Waals surface area contributed by atoms with E-state index in [9.17, 15) is 4.79 Å². The van der Waals surface area contributed by atoms with Crippen molar-refractivity contribution in [3.05, 3.63) is 56.2 Å². The summed E-state index contributed by atoms with van der Waals surface area (Å²) in [6.45, 7) is 6.88. The second-order valence-electron chi connectivity index (χ2n) is 7.24. The van der Waals surface area contributed by atoms with E-state index in [0.29, 0.717) is 10.4 Å². The number of hydrogen-bond acceptors (Lipinski definition) is 4. The Bertz CT molecular complexity index is 787. The molecule has 1 aromatic carbocycles. The van der Waals surface area contributed by atoms with Gasteiger partial charge in [0.2, 0.25) is 0 Å². The Kier molecular flexibility index (Phi) is 6.05. The van der Waals surface area contributed by atoms with Crippen molar-refractivity contribution in [2.45, 2.75) is 19.0 Å².